The topological polar surface area (TPSA) is 50.8 Å². The average Bonchev–Trinajstić information content (AvgIpc) is 2.70. The Balaban J connectivity index is 1.72. The van der Waals surface area contributed by atoms with Crippen molar-refractivity contribution in [3.05, 3.63) is 65.2 Å². The standard InChI is InChI=1S/C21H26N2O3/c1-16-6-8-17(9-7-16)20(23-10-12-26-13-11-23)15-22-21(24)18-4-3-5-19(14-18)25-2/h3-9,14,20H,10-13,15H2,1-2H3,(H,22,24)/t20-/m0/s1. The molecule has 1 amide bonds. The second kappa shape index (κ2) is 8.83. The third kappa shape index (κ3) is 4.62. The zero-order chi connectivity index (χ0) is 18.4. The van der Waals surface area contributed by atoms with Gasteiger partial charge in [-0.15, -0.1) is 0 Å². The first-order valence-electron chi connectivity index (χ1n) is 8.98. The minimum atomic E-state index is -0.0886. The molecule has 1 N–H and O–H groups in total. The molecule has 1 aliphatic rings. The average molecular weight is 354 g/mol. The molecule has 3 rings (SSSR count). The first-order chi connectivity index (χ1) is 12.7. The quantitative estimate of drug-likeness (QED) is 0.867. The summed E-state index contributed by atoms with van der Waals surface area (Å²) in [7, 11) is 1.60. The van der Waals surface area contributed by atoms with Crippen molar-refractivity contribution in [1.29, 1.82) is 0 Å². The molecule has 1 fully saturated rings. The minimum Gasteiger partial charge on any atom is -0.497 e. The maximum absolute atomic E-state index is 12.6. The molecule has 5 nitrogen and oxygen atoms in total. The van der Waals surface area contributed by atoms with E-state index in [0.717, 1.165) is 26.3 Å². The normalized spacial score (nSPS) is 16.1. The highest BCUT2D eigenvalue weighted by Crippen LogP contribution is 2.22. The van der Waals surface area contributed by atoms with Gasteiger partial charge >= 0.3 is 0 Å². The van der Waals surface area contributed by atoms with Crippen molar-refractivity contribution in [1.82, 2.24) is 10.2 Å². The van der Waals surface area contributed by atoms with Gasteiger partial charge in [0.25, 0.3) is 5.91 Å². The lowest BCUT2D eigenvalue weighted by Gasteiger charge is -2.35. The minimum absolute atomic E-state index is 0.0886. The van der Waals surface area contributed by atoms with E-state index in [1.165, 1.54) is 11.1 Å². The van der Waals surface area contributed by atoms with Gasteiger partial charge in [0.1, 0.15) is 5.75 Å². The number of amides is 1. The zero-order valence-electron chi connectivity index (χ0n) is 15.4. The molecule has 0 saturated carbocycles. The maximum Gasteiger partial charge on any atom is 0.251 e. The van der Waals surface area contributed by atoms with Crippen molar-refractivity contribution < 1.29 is 14.3 Å². The molecule has 5 heteroatoms. The zero-order valence-corrected chi connectivity index (χ0v) is 15.4. The highest BCUT2D eigenvalue weighted by molar-refractivity contribution is 5.94. The molecular weight excluding hydrogens is 328 g/mol. The third-order valence-corrected chi connectivity index (χ3v) is 4.74. The summed E-state index contributed by atoms with van der Waals surface area (Å²) in [5.74, 6) is 0.593. The Hall–Kier alpha value is -2.37. The van der Waals surface area contributed by atoms with Crippen LogP contribution in [0.15, 0.2) is 48.5 Å². The van der Waals surface area contributed by atoms with Gasteiger partial charge in [0.15, 0.2) is 0 Å². The van der Waals surface area contributed by atoms with Gasteiger partial charge < -0.3 is 14.8 Å². The van der Waals surface area contributed by atoms with Crippen molar-refractivity contribution in [3.63, 3.8) is 0 Å². The fraction of sp³-hybridized carbons (Fsp3) is 0.381. The molecule has 0 bridgehead atoms. The second-order valence-electron chi connectivity index (χ2n) is 6.52. The molecule has 0 radical (unpaired) electrons. The predicted octanol–water partition coefficient (Wildman–Crippen LogP) is 2.81. The Labute approximate surface area is 154 Å². The van der Waals surface area contributed by atoms with Crippen LogP contribution in [0, 0.1) is 6.92 Å². The van der Waals surface area contributed by atoms with Crippen LogP contribution < -0.4 is 10.1 Å². The summed E-state index contributed by atoms with van der Waals surface area (Å²) < 4.78 is 10.7. The Bertz CT molecular complexity index is 724. The van der Waals surface area contributed by atoms with Crippen LogP contribution in [0.5, 0.6) is 5.75 Å². The van der Waals surface area contributed by atoms with Crippen LogP contribution in [-0.2, 0) is 4.74 Å². The number of aryl methyl sites for hydroxylation is 1. The Morgan fingerprint density at radius 3 is 2.62 bits per heavy atom. The van der Waals surface area contributed by atoms with E-state index in [4.69, 9.17) is 9.47 Å². The van der Waals surface area contributed by atoms with Crippen LogP contribution >= 0.6 is 0 Å². The lowest BCUT2D eigenvalue weighted by atomic mass is 10.0. The van der Waals surface area contributed by atoms with Gasteiger partial charge in [0.05, 0.1) is 26.4 Å². The molecule has 2 aromatic carbocycles. The monoisotopic (exact) mass is 354 g/mol. The van der Waals surface area contributed by atoms with E-state index in [9.17, 15) is 4.79 Å². The smallest absolute Gasteiger partial charge is 0.251 e. The Morgan fingerprint density at radius 1 is 1.19 bits per heavy atom. The van der Waals surface area contributed by atoms with Crippen LogP contribution in [0.3, 0.4) is 0 Å². The van der Waals surface area contributed by atoms with Crippen LogP contribution in [-0.4, -0.2) is 50.8 Å². The maximum atomic E-state index is 12.6. The van der Waals surface area contributed by atoms with Gasteiger partial charge in [-0.05, 0) is 30.7 Å². The van der Waals surface area contributed by atoms with Gasteiger partial charge in [0.2, 0.25) is 0 Å². The van der Waals surface area contributed by atoms with Crippen LogP contribution in [0.4, 0.5) is 0 Å². The molecule has 1 saturated heterocycles. The molecule has 2 aromatic rings. The lowest BCUT2D eigenvalue weighted by molar-refractivity contribution is 0.0162. The number of morpholine rings is 1. The molecule has 1 aliphatic heterocycles. The molecule has 0 unspecified atom stereocenters. The van der Waals surface area contributed by atoms with Crippen LogP contribution in [0.2, 0.25) is 0 Å². The summed E-state index contributed by atoms with van der Waals surface area (Å²) >= 11 is 0. The summed E-state index contributed by atoms with van der Waals surface area (Å²) in [6, 6.07) is 15.9. The van der Waals surface area contributed by atoms with E-state index < -0.39 is 0 Å². The van der Waals surface area contributed by atoms with E-state index in [0.29, 0.717) is 17.9 Å². The summed E-state index contributed by atoms with van der Waals surface area (Å²) in [5, 5.41) is 3.08. The van der Waals surface area contributed by atoms with E-state index in [-0.39, 0.29) is 11.9 Å². The number of hydrogen-bond acceptors (Lipinski definition) is 4. The van der Waals surface area contributed by atoms with E-state index in [1.807, 2.05) is 12.1 Å². The van der Waals surface area contributed by atoms with Gasteiger partial charge in [0, 0.05) is 25.2 Å². The largest absolute Gasteiger partial charge is 0.497 e. The molecule has 1 heterocycles. The van der Waals surface area contributed by atoms with Gasteiger partial charge in [-0.2, -0.15) is 0 Å². The SMILES string of the molecule is COc1cccc(C(=O)NC[C@@H](c2ccc(C)cc2)N2CCOCC2)c1. The fourth-order valence-electron chi connectivity index (χ4n) is 3.19. The second-order valence-corrected chi connectivity index (χ2v) is 6.52. The van der Waals surface area contributed by atoms with Crippen molar-refractivity contribution in [2.75, 3.05) is 40.0 Å². The highest BCUT2D eigenvalue weighted by atomic mass is 16.5. The van der Waals surface area contributed by atoms with Gasteiger partial charge in [-0.1, -0.05) is 35.9 Å². The number of benzene rings is 2. The number of rotatable bonds is 6. The number of carbonyl (C=O) groups is 1. The molecule has 138 valence electrons. The molecule has 0 spiro atoms. The Morgan fingerprint density at radius 2 is 1.92 bits per heavy atom. The van der Waals surface area contributed by atoms with E-state index in [2.05, 4.69) is 41.4 Å². The number of hydrogen-bond donors (Lipinski definition) is 1. The molecule has 0 aromatic heterocycles. The first-order valence-corrected chi connectivity index (χ1v) is 8.98. The number of methoxy groups -OCH3 is 1. The first kappa shape index (κ1) is 18.4. The Kier molecular flexibility index (Phi) is 6.26. The van der Waals surface area contributed by atoms with Crippen molar-refractivity contribution in [2.24, 2.45) is 0 Å². The third-order valence-electron chi connectivity index (χ3n) is 4.74. The number of ether oxygens (including phenoxy) is 2. The lowest BCUT2D eigenvalue weighted by Crippen LogP contribution is -2.43. The fourth-order valence-corrected chi connectivity index (χ4v) is 3.19. The van der Waals surface area contributed by atoms with Crippen LogP contribution in [0.25, 0.3) is 0 Å². The molecule has 0 aliphatic carbocycles. The summed E-state index contributed by atoms with van der Waals surface area (Å²) in [4.78, 5) is 15.0. The summed E-state index contributed by atoms with van der Waals surface area (Å²) in [5.41, 5.74) is 3.05. The van der Waals surface area contributed by atoms with E-state index in [1.54, 1.807) is 19.2 Å². The van der Waals surface area contributed by atoms with E-state index >= 15 is 0 Å². The summed E-state index contributed by atoms with van der Waals surface area (Å²) in [6.07, 6.45) is 0. The molecule has 1 atom stereocenters. The van der Waals surface area contributed by atoms with Crippen molar-refractivity contribution in [2.45, 2.75) is 13.0 Å². The van der Waals surface area contributed by atoms with Crippen LogP contribution in [0.1, 0.15) is 27.5 Å². The van der Waals surface area contributed by atoms with Crippen molar-refractivity contribution >= 4 is 5.91 Å². The highest BCUT2D eigenvalue weighted by Gasteiger charge is 2.23. The number of carbonyl (C=O) groups excluding carboxylic acids is 1. The molecular formula is C21H26N2O3. The number of nitrogens with one attached hydrogen (secondary N) is 1. The van der Waals surface area contributed by atoms with Gasteiger partial charge in [-0.3, -0.25) is 9.69 Å². The van der Waals surface area contributed by atoms with Gasteiger partial charge in [-0.25, -0.2) is 0 Å². The van der Waals surface area contributed by atoms with Crippen molar-refractivity contribution in [3.8, 4) is 5.75 Å². The summed E-state index contributed by atoms with van der Waals surface area (Å²) in [6.45, 7) is 5.83. The predicted molar refractivity (Wildman–Crippen MR) is 102 cm³/mol. The number of nitrogens with zero attached hydrogens (tertiary/aromatic N) is 1. The molecule has 26 heavy (non-hydrogen) atoms.